The molecule has 200 valence electrons. The zero-order chi connectivity index (χ0) is 26.4. The van der Waals surface area contributed by atoms with Gasteiger partial charge in [0.25, 0.3) is 11.8 Å². The van der Waals surface area contributed by atoms with E-state index in [2.05, 4.69) is 9.97 Å². The lowest BCUT2D eigenvalue weighted by atomic mass is 9.75. The number of benzene rings is 1. The van der Waals surface area contributed by atoms with E-state index in [0.29, 0.717) is 56.4 Å². The largest absolute Gasteiger partial charge is 0.491 e. The molecule has 3 aliphatic heterocycles. The monoisotopic (exact) mass is 517 g/mol. The minimum Gasteiger partial charge on any atom is -0.491 e. The quantitative estimate of drug-likeness (QED) is 0.523. The number of carbonyl (C=O) groups excluding carboxylic acids is 2. The summed E-state index contributed by atoms with van der Waals surface area (Å²) in [6, 6.07) is 11.2. The van der Waals surface area contributed by atoms with Crippen molar-refractivity contribution < 1.29 is 19.1 Å². The molecule has 5 heterocycles. The molecule has 0 unspecified atom stereocenters. The van der Waals surface area contributed by atoms with Crippen molar-refractivity contribution in [3.63, 3.8) is 0 Å². The van der Waals surface area contributed by atoms with Gasteiger partial charge in [0, 0.05) is 44.5 Å². The van der Waals surface area contributed by atoms with Crippen LogP contribution >= 0.6 is 0 Å². The van der Waals surface area contributed by atoms with E-state index in [-0.39, 0.29) is 17.2 Å². The van der Waals surface area contributed by atoms with E-state index in [1.165, 1.54) is 0 Å². The number of ether oxygens (including phenoxy) is 2. The molecule has 3 aliphatic rings. The lowest BCUT2D eigenvalue weighted by Crippen LogP contribution is -2.45. The summed E-state index contributed by atoms with van der Waals surface area (Å²) in [6.45, 7) is 3.26. The smallest absolute Gasteiger partial charge is 0.274 e. The first-order valence-corrected chi connectivity index (χ1v) is 13.3. The Morgan fingerprint density at radius 2 is 1.89 bits per heavy atom. The Bertz CT molecular complexity index is 1240. The van der Waals surface area contributed by atoms with Gasteiger partial charge in [-0.1, -0.05) is 18.6 Å². The van der Waals surface area contributed by atoms with E-state index >= 15 is 0 Å². The Balaban J connectivity index is 1.37. The molecule has 2 amide bonds. The van der Waals surface area contributed by atoms with Gasteiger partial charge >= 0.3 is 0 Å². The highest BCUT2D eigenvalue weighted by molar-refractivity contribution is 5.97. The summed E-state index contributed by atoms with van der Waals surface area (Å²) in [5.74, 6) is 1.19. The number of piperidine rings is 1. The Morgan fingerprint density at radius 3 is 2.66 bits per heavy atom. The van der Waals surface area contributed by atoms with Gasteiger partial charge < -0.3 is 23.8 Å². The minimum atomic E-state index is -0.107. The van der Waals surface area contributed by atoms with Gasteiger partial charge in [-0.3, -0.25) is 14.6 Å². The van der Waals surface area contributed by atoms with E-state index in [1.54, 1.807) is 29.5 Å². The van der Waals surface area contributed by atoms with Gasteiger partial charge in [0.05, 0.1) is 31.2 Å². The van der Waals surface area contributed by atoms with Gasteiger partial charge in [-0.15, -0.1) is 0 Å². The SMILES string of the molecule is Cn1cnc(C(=O)N2CCCCC3(COc4cccnc4)CCN(CC3)C(=O)c3ccccc3OCC2)c1. The molecule has 0 aliphatic carbocycles. The number of fused-ring (bicyclic) bond motifs is 9. The summed E-state index contributed by atoms with van der Waals surface area (Å²) in [5.41, 5.74) is 0.941. The molecule has 9 nitrogen and oxygen atoms in total. The van der Waals surface area contributed by atoms with Crippen LogP contribution in [0.1, 0.15) is 53.0 Å². The number of rotatable bonds is 4. The van der Waals surface area contributed by atoms with Gasteiger partial charge in [0.15, 0.2) is 0 Å². The van der Waals surface area contributed by atoms with Crippen LogP contribution in [0.3, 0.4) is 0 Å². The third-order valence-corrected chi connectivity index (χ3v) is 7.62. The molecule has 9 heteroatoms. The molecule has 0 N–H and O–H groups in total. The first-order chi connectivity index (χ1) is 18.5. The number of nitrogens with zero attached hydrogens (tertiary/aromatic N) is 5. The fourth-order valence-electron chi connectivity index (χ4n) is 5.33. The van der Waals surface area contributed by atoms with Crippen molar-refractivity contribution in [1.82, 2.24) is 24.3 Å². The van der Waals surface area contributed by atoms with Crippen molar-refractivity contribution >= 4 is 11.8 Å². The third kappa shape index (κ3) is 5.98. The van der Waals surface area contributed by atoms with Crippen LogP contribution in [0.15, 0.2) is 61.3 Å². The van der Waals surface area contributed by atoms with E-state index in [4.69, 9.17) is 9.47 Å². The third-order valence-electron chi connectivity index (χ3n) is 7.62. The number of carbonyl (C=O) groups is 2. The maximum atomic E-state index is 13.5. The van der Waals surface area contributed by atoms with Crippen molar-refractivity contribution in [3.05, 3.63) is 72.6 Å². The van der Waals surface area contributed by atoms with Gasteiger partial charge in [-0.25, -0.2) is 4.98 Å². The summed E-state index contributed by atoms with van der Waals surface area (Å²) in [6.07, 6.45) is 11.4. The molecule has 0 spiro atoms. The number of aromatic nitrogens is 3. The van der Waals surface area contributed by atoms with Crippen LogP contribution in [-0.4, -0.2) is 75.5 Å². The molecule has 0 radical (unpaired) electrons. The zero-order valence-electron chi connectivity index (χ0n) is 21.9. The Labute approximate surface area is 223 Å². The standard InChI is InChI=1S/C29H35N5O4/c1-32-20-25(31-22-32)28(36)33-14-5-4-10-29(21-38-23-7-6-13-30-19-23)11-15-34(16-12-29)27(35)24-8-2-3-9-26(24)37-18-17-33/h2-3,6-9,13,19-20,22H,4-5,10-12,14-18,21H2,1H3. The molecule has 0 atom stereocenters. The van der Waals surface area contributed by atoms with Crippen molar-refractivity contribution in [1.29, 1.82) is 0 Å². The summed E-state index contributed by atoms with van der Waals surface area (Å²) in [5, 5.41) is 0. The van der Waals surface area contributed by atoms with Crippen LogP contribution in [0.25, 0.3) is 0 Å². The normalized spacial score (nSPS) is 18.2. The topological polar surface area (TPSA) is 89.8 Å². The predicted molar refractivity (Wildman–Crippen MR) is 142 cm³/mol. The molecule has 38 heavy (non-hydrogen) atoms. The fourth-order valence-corrected chi connectivity index (χ4v) is 5.33. The van der Waals surface area contributed by atoms with Crippen LogP contribution in [0, 0.1) is 5.41 Å². The molecule has 6 rings (SSSR count). The maximum absolute atomic E-state index is 13.5. The first-order valence-electron chi connectivity index (χ1n) is 13.3. The van der Waals surface area contributed by atoms with Crippen molar-refractivity contribution in [2.24, 2.45) is 12.5 Å². The van der Waals surface area contributed by atoms with E-state index in [0.717, 1.165) is 37.9 Å². The van der Waals surface area contributed by atoms with Gasteiger partial charge in [-0.2, -0.15) is 0 Å². The second kappa shape index (κ2) is 11.7. The number of hydrogen-bond donors (Lipinski definition) is 0. The number of aryl methyl sites for hydroxylation is 1. The molecular weight excluding hydrogens is 482 g/mol. The second-order valence-corrected chi connectivity index (χ2v) is 10.3. The zero-order valence-corrected chi connectivity index (χ0v) is 21.9. The molecule has 1 saturated heterocycles. The molecule has 1 aromatic carbocycles. The predicted octanol–water partition coefficient (Wildman–Crippen LogP) is 3.82. The molecule has 2 bridgehead atoms. The van der Waals surface area contributed by atoms with Gasteiger partial charge in [-0.05, 0) is 49.9 Å². The molecule has 2 aromatic heterocycles. The van der Waals surface area contributed by atoms with Crippen LogP contribution in [0.4, 0.5) is 0 Å². The molecular formula is C29H35N5O4. The first kappa shape index (κ1) is 25.8. The average Bonchev–Trinajstić information content (AvgIpc) is 3.39. The number of imidazole rings is 1. The summed E-state index contributed by atoms with van der Waals surface area (Å²) in [4.78, 5) is 38.9. The lowest BCUT2D eigenvalue weighted by molar-refractivity contribution is 0.0358. The van der Waals surface area contributed by atoms with Crippen LogP contribution in [-0.2, 0) is 7.05 Å². The number of hydrogen-bond acceptors (Lipinski definition) is 6. The van der Waals surface area contributed by atoms with Crippen molar-refractivity contribution in [2.45, 2.75) is 32.1 Å². The van der Waals surface area contributed by atoms with Crippen LogP contribution in [0.2, 0.25) is 0 Å². The molecule has 0 saturated carbocycles. The Hall–Kier alpha value is -3.88. The Morgan fingerprint density at radius 1 is 1.05 bits per heavy atom. The van der Waals surface area contributed by atoms with E-state index in [1.807, 2.05) is 53.2 Å². The van der Waals surface area contributed by atoms with E-state index < -0.39 is 0 Å². The van der Waals surface area contributed by atoms with Crippen molar-refractivity contribution in [3.8, 4) is 11.5 Å². The highest BCUT2D eigenvalue weighted by atomic mass is 16.5. The van der Waals surface area contributed by atoms with E-state index in [9.17, 15) is 9.59 Å². The van der Waals surface area contributed by atoms with Crippen molar-refractivity contribution in [2.75, 3.05) is 39.4 Å². The van der Waals surface area contributed by atoms with Gasteiger partial charge in [0.1, 0.15) is 23.8 Å². The Kier molecular flexibility index (Phi) is 7.91. The van der Waals surface area contributed by atoms with Crippen LogP contribution < -0.4 is 9.47 Å². The van der Waals surface area contributed by atoms with Gasteiger partial charge in [0.2, 0.25) is 0 Å². The highest BCUT2D eigenvalue weighted by Gasteiger charge is 2.37. The number of pyridine rings is 1. The number of amides is 2. The highest BCUT2D eigenvalue weighted by Crippen LogP contribution is 2.38. The fraction of sp³-hybridized carbons (Fsp3) is 0.448. The molecule has 1 fully saturated rings. The average molecular weight is 518 g/mol. The molecule has 3 aromatic rings. The summed E-state index contributed by atoms with van der Waals surface area (Å²) in [7, 11) is 1.85. The minimum absolute atomic E-state index is 0.0151. The lowest BCUT2D eigenvalue weighted by Gasteiger charge is -2.42. The maximum Gasteiger partial charge on any atom is 0.274 e. The second-order valence-electron chi connectivity index (χ2n) is 10.3. The summed E-state index contributed by atoms with van der Waals surface area (Å²) < 4.78 is 14.0. The number of para-hydroxylation sites is 1. The van der Waals surface area contributed by atoms with Crippen LogP contribution in [0.5, 0.6) is 11.5 Å². The summed E-state index contributed by atoms with van der Waals surface area (Å²) >= 11 is 0.